The van der Waals surface area contributed by atoms with Crippen LogP contribution >= 0.6 is 11.3 Å². The van der Waals surface area contributed by atoms with Crippen molar-refractivity contribution in [2.24, 2.45) is 0 Å². The number of halogens is 2. The second-order valence-electron chi connectivity index (χ2n) is 8.81. The SMILES string of the molecule is C[C@]1(CC(=O)Nc2nccs2)NCCc2cc(OCc3ncccc3F)c(Oc3cccc(F)c3)cc21. The first kappa shape index (κ1) is 24.8. The van der Waals surface area contributed by atoms with Crippen LogP contribution in [0.1, 0.15) is 30.2 Å². The van der Waals surface area contributed by atoms with Crippen molar-refractivity contribution in [1.29, 1.82) is 0 Å². The number of nitrogens with zero attached hydrogens (tertiary/aromatic N) is 2. The molecule has 0 unspecified atom stereocenters. The summed E-state index contributed by atoms with van der Waals surface area (Å²) in [7, 11) is 0. The minimum atomic E-state index is -0.708. The van der Waals surface area contributed by atoms with E-state index in [1.165, 1.54) is 41.8 Å². The van der Waals surface area contributed by atoms with Gasteiger partial charge in [-0.1, -0.05) is 6.07 Å². The summed E-state index contributed by atoms with van der Waals surface area (Å²) in [6.07, 6.45) is 3.96. The number of anilines is 1. The molecule has 190 valence electrons. The fourth-order valence-corrected chi connectivity index (χ4v) is 4.88. The van der Waals surface area contributed by atoms with Gasteiger partial charge in [0, 0.05) is 42.3 Å². The van der Waals surface area contributed by atoms with E-state index in [2.05, 4.69) is 20.6 Å². The molecule has 1 amide bonds. The summed E-state index contributed by atoms with van der Waals surface area (Å²) in [4.78, 5) is 21.0. The van der Waals surface area contributed by atoms with Crippen LogP contribution in [0.4, 0.5) is 13.9 Å². The standard InChI is InChI=1S/C27H24F2N4O3S/c1-27(15-25(34)33-26-31-10-11-37-26)20-14-24(36-19-5-2-4-18(28)13-19)23(12-17(20)7-9-32-27)35-16-22-21(29)6-3-8-30-22/h2-6,8,10-14,32H,7,9,15-16H2,1H3,(H,31,33,34)/t27-/m1/s1. The maximum atomic E-state index is 14.2. The Bertz CT molecular complexity index is 1420. The van der Waals surface area contributed by atoms with E-state index in [0.717, 1.165) is 11.1 Å². The van der Waals surface area contributed by atoms with E-state index in [1.807, 2.05) is 13.0 Å². The van der Waals surface area contributed by atoms with Crippen LogP contribution in [0.15, 0.2) is 66.3 Å². The van der Waals surface area contributed by atoms with E-state index in [4.69, 9.17) is 9.47 Å². The lowest BCUT2D eigenvalue weighted by Gasteiger charge is -2.37. The minimum absolute atomic E-state index is 0.114. The number of amides is 1. The molecule has 0 aliphatic carbocycles. The summed E-state index contributed by atoms with van der Waals surface area (Å²) in [5, 5.41) is 8.61. The second-order valence-corrected chi connectivity index (χ2v) is 9.70. The minimum Gasteiger partial charge on any atom is -0.483 e. The van der Waals surface area contributed by atoms with Crippen LogP contribution in [0.25, 0.3) is 0 Å². The lowest BCUT2D eigenvalue weighted by atomic mass is 9.81. The maximum Gasteiger partial charge on any atom is 0.228 e. The summed E-state index contributed by atoms with van der Waals surface area (Å²) in [6.45, 7) is 2.48. The molecule has 7 nitrogen and oxygen atoms in total. The zero-order chi connectivity index (χ0) is 25.8. The number of aromatic nitrogens is 2. The van der Waals surface area contributed by atoms with Crippen LogP contribution in [0, 0.1) is 11.6 Å². The summed E-state index contributed by atoms with van der Waals surface area (Å²) in [5.41, 5.74) is 1.27. The smallest absolute Gasteiger partial charge is 0.228 e. The predicted molar refractivity (Wildman–Crippen MR) is 136 cm³/mol. The molecule has 0 saturated heterocycles. The molecule has 0 saturated carbocycles. The number of pyridine rings is 1. The molecule has 2 N–H and O–H groups in total. The Balaban J connectivity index is 1.47. The maximum absolute atomic E-state index is 14.2. The fourth-order valence-electron chi connectivity index (χ4n) is 4.34. The molecule has 0 fully saturated rings. The van der Waals surface area contributed by atoms with E-state index in [0.29, 0.717) is 29.6 Å². The molecule has 0 radical (unpaired) electrons. The number of hydrogen-bond acceptors (Lipinski definition) is 7. The average Bonchev–Trinajstić information content (AvgIpc) is 3.37. The van der Waals surface area contributed by atoms with Crippen molar-refractivity contribution in [1.82, 2.24) is 15.3 Å². The van der Waals surface area contributed by atoms with Crippen LogP contribution in [0.2, 0.25) is 0 Å². The number of rotatable bonds is 8. The van der Waals surface area contributed by atoms with Gasteiger partial charge in [-0.15, -0.1) is 11.3 Å². The van der Waals surface area contributed by atoms with Gasteiger partial charge in [-0.2, -0.15) is 0 Å². The monoisotopic (exact) mass is 522 g/mol. The van der Waals surface area contributed by atoms with Crippen molar-refractivity contribution in [3.05, 3.63) is 94.8 Å². The molecule has 1 aliphatic rings. The van der Waals surface area contributed by atoms with E-state index < -0.39 is 17.2 Å². The zero-order valence-electron chi connectivity index (χ0n) is 20.0. The molecule has 1 atom stereocenters. The van der Waals surface area contributed by atoms with Gasteiger partial charge in [-0.3, -0.25) is 9.78 Å². The zero-order valence-corrected chi connectivity index (χ0v) is 20.8. The Labute approximate surface area is 216 Å². The van der Waals surface area contributed by atoms with Crippen LogP contribution < -0.4 is 20.1 Å². The number of hydrogen-bond donors (Lipinski definition) is 2. The number of ether oxygens (including phenoxy) is 2. The number of fused-ring (bicyclic) bond motifs is 1. The number of carbonyl (C=O) groups excluding carboxylic acids is 1. The average molecular weight is 523 g/mol. The fraction of sp³-hybridized carbons (Fsp3) is 0.222. The molecular weight excluding hydrogens is 498 g/mol. The van der Waals surface area contributed by atoms with Crippen molar-refractivity contribution >= 4 is 22.4 Å². The van der Waals surface area contributed by atoms with Gasteiger partial charge in [0.2, 0.25) is 5.91 Å². The summed E-state index contributed by atoms with van der Waals surface area (Å²) in [5.74, 6) is -0.146. The van der Waals surface area contributed by atoms with Crippen molar-refractivity contribution in [2.45, 2.75) is 31.9 Å². The van der Waals surface area contributed by atoms with Crippen LogP contribution in [0.3, 0.4) is 0 Å². The van der Waals surface area contributed by atoms with Crippen molar-refractivity contribution < 1.29 is 23.0 Å². The van der Waals surface area contributed by atoms with E-state index in [-0.39, 0.29) is 30.4 Å². The quantitative estimate of drug-likeness (QED) is 0.314. The number of benzene rings is 2. The van der Waals surface area contributed by atoms with Gasteiger partial charge in [0.1, 0.15) is 29.7 Å². The van der Waals surface area contributed by atoms with Gasteiger partial charge in [-0.25, -0.2) is 13.8 Å². The summed E-state index contributed by atoms with van der Waals surface area (Å²) >= 11 is 1.35. The van der Waals surface area contributed by atoms with Crippen LogP contribution in [-0.4, -0.2) is 22.4 Å². The van der Waals surface area contributed by atoms with Gasteiger partial charge < -0.3 is 20.1 Å². The van der Waals surface area contributed by atoms with Gasteiger partial charge in [0.15, 0.2) is 16.6 Å². The van der Waals surface area contributed by atoms with E-state index in [9.17, 15) is 13.6 Å². The van der Waals surface area contributed by atoms with E-state index in [1.54, 1.807) is 29.8 Å². The Morgan fingerprint density at radius 1 is 1.14 bits per heavy atom. The molecule has 2 aromatic carbocycles. The topological polar surface area (TPSA) is 85.4 Å². The first-order chi connectivity index (χ1) is 17.9. The molecule has 0 bridgehead atoms. The van der Waals surface area contributed by atoms with Gasteiger partial charge in [0.25, 0.3) is 0 Å². The van der Waals surface area contributed by atoms with Crippen LogP contribution in [-0.2, 0) is 23.4 Å². The normalized spacial score (nSPS) is 16.6. The molecule has 1 aliphatic heterocycles. The molecule has 4 aromatic rings. The molecule has 2 aromatic heterocycles. The highest BCUT2D eigenvalue weighted by Gasteiger charge is 2.35. The molecule has 37 heavy (non-hydrogen) atoms. The molecule has 5 rings (SSSR count). The van der Waals surface area contributed by atoms with Gasteiger partial charge >= 0.3 is 0 Å². The van der Waals surface area contributed by atoms with Gasteiger partial charge in [-0.05, 0) is 60.9 Å². The molecular formula is C27H24F2N4O3S. The highest BCUT2D eigenvalue weighted by Crippen LogP contribution is 2.41. The lowest BCUT2D eigenvalue weighted by Crippen LogP contribution is -2.47. The summed E-state index contributed by atoms with van der Waals surface area (Å²) < 4.78 is 40.0. The Hall–Kier alpha value is -3.89. The third kappa shape index (κ3) is 5.76. The third-order valence-electron chi connectivity index (χ3n) is 6.09. The first-order valence-electron chi connectivity index (χ1n) is 11.7. The number of thiazole rings is 1. The molecule has 10 heteroatoms. The second kappa shape index (κ2) is 10.6. The molecule has 3 heterocycles. The summed E-state index contributed by atoms with van der Waals surface area (Å²) in [6, 6.07) is 12.2. The Morgan fingerprint density at radius 3 is 2.81 bits per heavy atom. The Kier molecular flexibility index (Phi) is 7.11. The largest absolute Gasteiger partial charge is 0.483 e. The number of nitrogens with one attached hydrogen (secondary N) is 2. The van der Waals surface area contributed by atoms with Crippen molar-refractivity contribution in [3.8, 4) is 17.2 Å². The van der Waals surface area contributed by atoms with Gasteiger partial charge in [0.05, 0.1) is 0 Å². The van der Waals surface area contributed by atoms with Crippen molar-refractivity contribution in [3.63, 3.8) is 0 Å². The lowest BCUT2D eigenvalue weighted by molar-refractivity contribution is -0.117. The molecule has 0 spiro atoms. The predicted octanol–water partition coefficient (Wildman–Crippen LogP) is 5.58. The van der Waals surface area contributed by atoms with Crippen LogP contribution in [0.5, 0.6) is 17.2 Å². The Morgan fingerprint density at radius 2 is 2.03 bits per heavy atom. The number of carbonyl (C=O) groups is 1. The van der Waals surface area contributed by atoms with Crippen molar-refractivity contribution in [2.75, 3.05) is 11.9 Å². The van der Waals surface area contributed by atoms with E-state index >= 15 is 0 Å². The first-order valence-corrected chi connectivity index (χ1v) is 12.5. The highest BCUT2D eigenvalue weighted by atomic mass is 32.1. The third-order valence-corrected chi connectivity index (χ3v) is 6.78. The highest BCUT2D eigenvalue weighted by molar-refractivity contribution is 7.13.